The van der Waals surface area contributed by atoms with E-state index in [1.54, 1.807) is 32.4 Å². The third-order valence-corrected chi connectivity index (χ3v) is 7.51. The van der Waals surface area contributed by atoms with Crippen LogP contribution in [0.1, 0.15) is 30.6 Å². The summed E-state index contributed by atoms with van der Waals surface area (Å²) >= 11 is 6.57. The lowest BCUT2D eigenvalue weighted by atomic mass is 10.0. The number of pyridine rings is 3. The van der Waals surface area contributed by atoms with Crippen LogP contribution in [0.3, 0.4) is 0 Å². The van der Waals surface area contributed by atoms with Gasteiger partial charge in [0.2, 0.25) is 0 Å². The molecule has 1 aromatic carbocycles. The molecule has 3 heterocycles. The highest BCUT2D eigenvalue weighted by atomic mass is 35.5. The molecule has 10 heteroatoms. The van der Waals surface area contributed by atoms with Gasteiger partial charge in [0, 0.05) is 23.4 Å². The molecular weight excluding hydrogens is 496 g/mol. The fourth-order valence-electron chi connectivity index (χ4n) is 3.81. The first-order valence-electron chi connectivity index (χ1n) is 10.9. The molecule has 0 fully saturated rings. The van der Waals surface area contributed by atoms with Gasteiger partial charge in [0.1, 0.15) is 18.4 Å². The highest BCUT2D eigenvalue weighted by molar-refractivity contribution is 7.69. The van der Waals surface area contributed by atoms with Crippen LogP contribution in [0.2, 0.25) is 5.02 Å². The van der Waals surface area contributed by atoms with Crippen molar-refractivity contribution in [3.05, 3.63) is 76.3 Å². The average Bonchev–Trinajstić information content (AvgIpc) is 2.81. The minimum Gasteiger partial charge on any atom is -0.375 e. The first-order valence-corrected chi connectivity index (χ1v) is 13.9. The van der Waals surface area contributed by atoms with Gasteiger partial charge in [0.25, 0.3) is 0 Å². The Hall–Kier alpha value is -2.96. The molecular formula is C25H23ClF3N4OP. The summed E-state index contributed by atoms with van der Waals surface area (Å²) in [6.45, 7) is 6.68. The van der Waals surface area contributed by atoms with Gasteiger partial charge in [-0.15, -0.1) is 0 Å². The fourth-order valence-corrected chi connectivity index (χ4v) is 4.76. The van der Waals surface area contributed by atoms with E-state index in [2.05, 4.69) is 20.3 Å². The maximum absolute atomic E-state index is 15.1. The zero-order valence-electron chi connectivity index (χ0n) is 19.5. The highest BCUT2D eigenvalue weighted by Crippen LogP contribution is 2.38. The Balaban J connectivity index is 1.86. The monoisotopic (exact) mass is 518 g/mol. The van der Waals surface area contributed by atoms with Crippen molar-refractivity contribution in [2.45, 2.75) is 26.3 Å². The molecule has 1 N–H and O–H groups in total. The predicted octanol–water partition coefficient (Wildman–Crippen LogP) is 6.88. The number of fused-ring (bicyclic) bond motifs is 1. The number of rotatable bonds is 6. The van der Waals surface area contributed by atoms with E-state index in [4.69, 9.17) is 11.6 Å². The number of aryl methyl sites for hydroxylation is 1. The Labute approximate surface area is 206 Å². The van der Waals surface area contributed by atoms with Gasteiger partial charge in [-0.1, -0.05) is 30.7 Å². The number of nitrogens with zero attached hydrogens (tertiary/aromatic N) is 3. The van der Waals surface area contributed by atoms with Gasteiger partial charge in [0.05, 0.1) is 33.4 Å². The number of hydrogen-bond acceptors (Lipinski definition) is 5. The molecule has 0 saturated carbocycles. The summed E-state index contributed by atoms with van der Waals surface area (Å²) in [6, 6.07) is 7.78. The second-order valence-corrected chi connectivity index (χ2v) is 12.1. The van der Waals surface area contributed by atoms with E-state index in [-0.39, 0.29) is 27.3 Å². The van der Waals surface area contributed by atoms with E-state index in [1.165, 1.54) is 24.4 Å². The molecule has 0 amide bonds. The third-order valence-electron chi connectivity index (χ3n) is 5.67. The number of nitrogens with one attached hydrogen (secondary N) is 1. The molecule has 0 aliphatic heterocycles. The molecule has 1 atom stereocenters. The minimum atomic E-state index is -2.58. The van der Waals surface area contributed by atoms with E-state index in [0.717, 1.165) is 6.07 Å². The maximum Gasteiger partial charge on any atom is 0.164 e. The second kappa shape index (κ2) is 9.59. The lowest BCUT2D eigenvalue weighted by molar-refractivity contribution is 0.490. The van der Waals surface area contributed by atoms with E-state index in [0.29, 0.717) is 28.8 Å². The van der Waals surface area contributed by atoms with Gasteiger partial charge in [-0.25, -0.2) is 23.1 Å². The van der Waals surface area contributed by atoms with Gasteiger partial charge in [-0.05, 0) is 44.9 Å². The molecule has 0 bridgehead atoms. The Morgan fingerprint density at radius 2 is 1.83 bits per heavy atom. The summed E-state index contributed by atoms with van der Waals surface area (Å²) in [5.74, 6) is -2.52. The van der Waals surface area contributed by atoms with Gasteiger partial charge < -0.3 is 9.88 Å². The fraction of sp³-hybridized carbons (Fsp3) is 0.240. The Morgan fingerprint density at radius 3 is 2.46 bits per heavy atom. The number of aromatic nitrogens is 3. The maximum atomic E-state index is 15.1. The Morgan fingerprint density at radius 1 is 1.09 bits per heavy atom. The third kappa shape index (κ3) is 4.91. The highest BCUT2D eigenvalue weighted by Gasteiger charge is 2.22. The topological polar surface area (TPSA) is 67.8 Å². The first kappa shape index (κ1) is 25.1. The van der Waals surface area contributed by atoms with Crippen LogP contribution in [-0.2, 0) is 4.57 Å². The molecule has 0 radical (unpaired) electrons. The lowest BCUT2D eigenvalue weighted by Gasteiger charge is -2.22. The van der Waals surface area contributed by atoms with Crippen LogP contribution in [0.15, 0.2) is 42.6 Å². The molecule has 5 nitrogen and oxygen atoms in total. The van der Waals surface area contributed by atoms with Crippen LogP contribution < -0.4 is 10.8 Å². The van der Waals surface area contributed by atoms with Crippen LogP contribution in [0.4, 0.5) is 18.9 Å². The van der Waals surface area contributed by atoms with Crippen molar-refractivity contribution in [1.29, 1.82) is 0 Å². The van der Waals surface area contributed by atoms with Gasteiger partial charge >= 0.3 is 0 Å². The minimum absolute atomic E-state index is 0.00772. The molecule has 3 aromatic heterocycles. The standard InChI is InChI=1S/C25H23ClF3N4OP/c1-5-18(15-7-6-8-16(27)22(15)29)32-25-21(26)13(2)31-19-11-17(28)23(33-24(19)25)14-9-10-20(30-12-14)35(3,4)34/h6-12,18H,5H2,1-4H3,(H,31,32)/t18-/m1/s1. The lowest BCUT2D eigenvalue weighted by Crippen LogP contribution is -2.14. The van der Waals surface area contributed by atoms with Crippen LogP contribution in [0, 0.1) is 24.4 Å². The summed E-state index contributed by atoms with van der Waals surface area (Å²) in [4.78, 5) is 13.1. The van der Waals surface area contributed by atoms with E-state index in [1.807, 2.05) is 6.92 Å². The average molecular weight is 519 g/mol. The number of benzene rings is 1. The normalized spacial score (nSPS) is 12.7. The largest absolute Gasteiger partial charge is 0.375 e. The van der Waals surface area contributed by atoms with Crippen LogP contribution in [0.25, 0.3) is 22.3 Å². The van der Waals surface area contributed by atoms with E-state index in [9.17, 15) is 13.3 Å². The second-order valence-electron chi connectivity index (χ2n) is 8.58. The van der Waals surface area contributed by atoms with Crippen molar-refractivity contribution < 1.29 is 17.7 Å². The van der Waals surface area contributed by atoms with E-state index < -0.39 is 30.6 Å². The molecule has 4 aromatic rings. The molecule has 182 valence electrons. The van der Waals surface area contributed by atoms with Crippen molar-refractivity contribution in [1.82, 2.24) is 15.0 Å². The molecule has 0 aliphatic rings. The SMILES string of the molecule is CC[C@@H](Nc1c(Cl)c(C)nc2cc(F)c(-c3ccc(P(C)(C)=O)nc3)nc12)c1cccc(F)c1F. The van der Waals surface area contributed by atoms with Crippen LogP contribution in [-0.4, -0.2) is 28.3 Å². The zero-order chi connectivity index (χ0) is 25.5. The van der Waals surface area contributed by atoms with Gasteiger partial charge in [0.15, 0.2) is 17.5 Å². The van der Waals surface area contributed by atoms with Crippen molar-refractivity contribution >= 4 is 40.9 Å². The van der Waals surface area contributed by atoms with Gasteiger partial charge in [-0.3, -0.25) is 4.98 Å². The van der Waals surface area contributed by atoms with Crippen molar-refractivity contribution in [3.8, 4) is 11.3 Å². The van der Waals surface area contributed by atoms with Crippen molar-refractivity contribution in [3.63, 3.8) is 0 Å². The predicted molar refractivity (Wildman–Crippen MR) is 135 cm³/mol. The molecule has 0 unspecified atom stereocenters. The summed E-state index contributed by atoms with van der Waals surface area (Å²) in [5, 5.41) is 3.42. The van der Waals surface area contributed by atoms with Crippen molar-refractivity contribution in [2.24, 2.45) is 0 Å². The molecule has 4 rings (SSSR count). The number of anilines is 1. The number of halogens is 4. The molecule has 0 saturated heterocycles. The number of hydrogen-bond donors (Lipinski definition) is 1. The smallest absolute Gasteiger partial charge is 0.164 e. The Kier molecular flexibility index (Phi) is 6.89. The summed E-state index contributed by atoms with van der Waals surface area (Å²) < 4.78 is 55.8. The van der Waals surface area contributed by atoms with Crippen LogP contribution in [0.5, 0.6) is 0 Å². The quantitative estimate of drug-likeness (QED) is 0.282. The summed E-state index contributed by atoms with van der Waals surface area (Å²) in [6.07, 6.45) is 1.83. The molecule has 0 aliphatic carbocycles. The molecule has 0 spiro atoms. The van der Waals surface area contributed by atoms with Gasteiger partial charge in [-0.2, -0.15) is 0 Å². The molecule has 35 heavy (non-hydrogen) atoms. The zero-order valence-corrected chi connectivity index (χ0v) is 21.2. The summed E-state index contributed by atoms with van der Waals surface area (Å²) in [7, 11) is -2.58. The van der Waals surface area contributed by atoms with Crippen molar-refractivity contribution in [2.75, 3.05) is 18.6 Å². The van der Waals surface area contributed by atoms with E-state index >= 15 is 4.39 Å². The summed E-state index contributed by atoms with van der Waals surface area (Å²) in [5.41, 5.74) is 2.24. The Bertz CT molecular complexity index is 1470. The van der Waals surface area contributed by atoms with Crippen LogP contribution >= 0.6 is 18.7 Å². The first-order chi connectivity index (χ1) is 16.5.